The number of nitrogens with zero attached hydrogens (tertiary/aromatic N) is 2. The smallest absolute Gasteiger partial charge is 0.356 e. The van der Waals surface area contributed by atoms with E-state index in [1.165, 1.54) is 31.4 Å². The average Bonchev–Trinajstić information content (AvgIpc) is 3.20. The number of carbonyl (C=O) groups is 3. The highest BCUT2D eigenvalue weighted by Gasteiger charge is 2.36. The number of hydroxylamine groups is 2. The molecule has 0 radical (unpaired) electrons. The minimum absolute atomic E-state index is 0.000977. The van der Waals surface area contributed by atoms with E-state index in [2.05, 4.69) is 4.98 Å². The van der Waals surface area contributed by atoms with Gasteiger partial charge in [-0.15, -0.1) is 5.06 Å². The monoisotopic (exact) mass is 562 g/mol. The van der Waals surface area contributed by atoms with Gasteiger partial charge in [0, 0.05) is 17.9 Å². The van der Waals surface area contributed by atoms with Gasteiger partial charge in [0.1, 0.15) is 11.5 Å². The highest BCUT2D eigenvalue weighted by atomic mass is 32.2. The number of esters is 1. The Balaban J connectivity index is 1.24. The molecule has 4 aromatic rings. The number of amides is 2. The topological polar surface area (TPSA) is 138 Å². The van der Waals surface area contributed by atoms with Crippen molar-refractivity contribution >= 4 is 38.8 Å². The maximum Gasteiger partial charge on any atom is 0.356 e. The van der Waals surface area contributed by atoms with E-state index < -0.39 is 27.9 Å². The first-order valence-corrected chi connectivity index (χ1v) is 13.4. The molecule has 3 aromatic carbocycles. The molecular weight excluding hydrogens is 540 g/mol. The number of hydrogen-bond acceptors (Lipinski definition) is 10. The Morgan fingerprint density at radius 3 is 2.25 bits per heavy atom. The van der Waals surface area contributed by atoms with Crippen LogP contribution < -0.4 is 8.92 Å². The second-order valence-corrected chi connectivity index (χ2v) is 10.0. The first kappa shape index (κ1) is 26.8. The van der Waals surface area contributed by atoms with Gasteiger partial charge in [-0.1, -0.05) is 30.3 Å². The van der Waals surface area contributed by atoms with Crippen molar-refractivity contribution in [1.29, 1.82) is 0 Å². The molecule has 204 valence electrons. The summed E-state index contributed by atoms with van der Waals surface area (Å²) < 4.78 is 41.6. The summed E-state index contributed by atoms with van der Waals surface area (Å²) in [6, 6.07) is 20.3. The lowest BCUT2D eigenvalue weighted by Gasteiger charge is -2.14. The number of benzene rings is 3. The van der Waals surface area contributed by atoms with Gasteiger partial charge in [0.15, 0.2) is 5.03 Å². The van der Waals surface area contributed by atoms with Crippen LogP contribution in [0.2, 0.25) is 0 Å². The van der Waals surface area contributed by atoms with Crippen LogP contribution in [-0.4, -0.2) is 56.6 Å². The molecule has 0 fully saturated rings. The number of aromatic nitrogens is 1. The largest absolute Gasteiger partial charge is 0.493 e. The second kappa shape index (κ2) is 11.1. The minimum Gasteiger partial charge on any atom is -0.493 e. The van der Waals surface area contributed by atoms with Crippen LogP contribution in [-0.2, 0) is 19.7 Å². The molecule has 12 heteroatoms. The van der Waals surface area contributed by atoms with E-state index in [-0.39, 0.29) is 52.8 Å². The quantitative estimate of drug-likeness (QED) is 0.121. The maximum atomic E-state index is 12.9. The first-order valence-electron chi connectivity index (χ1n) is 12.0. The standard InChI is InChI=1S/C28H22N2O9S/c1-36-28(33)19-15-20(37-13-6-14-38-30-26(31)22-8-3-4-9-23(22)27(30)32)17-21(16-19)39-40(34,35)25-12-11-18-7-2-5-10-24(18)29-25/h2-5,7-12,15-17H,6,13-14H2,1H3. The number of ether oxygens (including phenoxy) is 2. The molecule has 0 N–H and O–H groups in total. The van der Waals surface area contributed by atoms with E-state index in [0.717, 1.165) is 5.39 Å². The molecule has 11 nitrogen and oxygen atoms in total. The van der Waals surface area contributed by atoms with Gasteiger partial charge in [-0.05, 0) is 42.5 Å². The Bertz CT molecular complexity index is 1700. The third kappa shape index (κ3) is 5.48. The molecule has 1 aliphatic rings. The van der Waals surface area contributed by atoms with Gasteiger partial charge in [0.25, 0.3) is 11.8 Å². The van der Waals surface area contributed by atoms with Crippen molar-refractivity contribution in [3.05, 3.63) is 95.6 Å². The molecule has 0 spiro atoms. The molecule has 0 unspecified atom stereocenters. The van der Waals surface area contributed by atoms with Gasteiger partial charge in [0.2, 0.25) is 0 Å². The lowest BCUT2D eigenvalue weighted by atomic mass is 10.1. The van der Waals surface area contributed by atoms with Gasteiger partial charge in [-0.3, -0.25) is 14.4 Å². The predicted molar refractivity (Wildman–Crippen MR) is 140 cm³/mol. The molecule has 40 heavy (non-hydrogen) atoms. The van der Waals surface area contributed by atoms with Crippen molar-refractivity contribution in [3.63, 3.8) is 0 Å². The molecule has 0 saturated heterocycles. The Labute approximate surface area is 228 Å². The van der Waals surface area contributed by atoms with Crippen molar-refractivity contribution in [2.45, 2.75) is 11.4 Å². The Hall–Kier alpha value is -4.81. The fourth-order valence-corrected chi connectivity index (χ4v) is 4.86. The van der Waals surface area contributed by atoms with E-state index in [0.29, 0.717) is 10.6 Å². The van der Waals surface area contributed by atoms with Crippen LogP contribution in [0, 0.1) is 0 Å². The zero-order valence-electron chi connectivity index (χ0n) is 21.1. The summed E-state index contributed by atoms with van der Waals surface area (Å²) in [5, 5.41) is 1.17. The normalized spacial score (nSPS) is 12.9. The summed E-state index contributed by atoms with van der Waals surface area (Å²) in [6.45, 7) is 0.0275. The minimum atomic E-state index is -4.35. The summed E-state index contributed by atoms with van der Waals surface area (Å²) in [7, 11) is -3.17. The van der Waals surface area contributed by atoms with Gasteiger partial charge in [0.05, 0.1) is 42.5 Å². The number of para-hydroxylation sites is 1. The van der Waals surface area contributed by atoms with Gasteiger partial charge in [-0.25, -0.2) is 9.78 Å². The number of fused-ring (bicyclic) bond motifs is 2. The van der Waals surface area contributed by atoms with Crippen LogP contribution in [0.4, 0.5) is 0 Å². The van der Waals surface area contributed by atoms with E-state index in [1.54, 1.807) is 48.5 Å². The van der Waals surface area contributed by atoms with Gasteiger partial charge >= 0.3 is 16.1 Å². The van der Waals surface area contributed by atoms with Crippen LogP contribution in [0.3, 0.4) is 0 Å². The molecule has 0 bridgehead atoms. The summed E-state index contributed by atoms with van der Waals surface area (Å²) >= 11 is 0. The summed E-state index contributed by atoms with van der Waals surface area (Å²) in [5.74, 6) is -1.88. The molecule has 1 aromatic heterocycles. The average molecular weight is 563 g/mol. The summed E-state index contributed by atoms with van der Waals surface area (Å²) in [6.07, 6.45) is 0.255. The van der Waals surface area contributed by atoms with Crippen molar-refractivity contribution in [2.75, 3.05) is 20.3 Å². The highest BCUT2D eigenvalue weighted by Crippen LogP contribution is 2.27. The number of carbonyl (C=O) groups excluding carboxylic acids is 3. The fourth-order valence-electron chi connectivity index (χ4n) is 3.98. The van der Waals surface area contributed by atoms with E-state index in [9.17, 15) is 22.8 Å². The third-order valence-electron chi connectivity index (χ3n) is 5.87. The fraction of sp³-hybridized carbons (Fsp3) is 0.143. The summed E-state index contributed by atoms with van der Waals surface area (Å²) in [5.41, 5.74) is 1.01. The SMILES string of the molecule is COC(=O)c1cc(OCCCON2C(=O)c3ccccc3C2=O)cc(OS(=O)(=O)c2ccc3ccccc3n2)c1. The highest BCUT2D eigenvalue weighted by molar-refractivity contribution is 7.87. The Morgan fingerprint density at radius 2 is 1.52 bits per heavy atom. The molecule has 1 aliphatic heterocycles. The lowest BCUT2D eigenvalue weighted by Crippen LogP contribution is -2.30. The van der Waals surface area contributed by atoms with Crippen LogP contribution in [0.5, 0.6) is 11.5 Å². The number of pyridine rings is 1. The molecule has 0 atom stereocenters. The molecule has 0 aliphatic carbocycles. The first-order chi connectivity index (χ1) is 19.3. The van der Waals surface area contributed by atoms with Crippen molar-refractivity contribution in [2.24, 2.45) is 0 Å². The van der Waals surface area contributed by atoms with Gasteiger partial charge in [-0.2, -0.15) is 8.42 Å². The van der Waals surface area contributed by atoms with E-state index >= 15 is 0 Å². The third-order valence-corrected chi connectivity index (χ3v) is 7.02. The molecule has 0 saturated carbocycles. The van der Waals surface area contributed by atoms with Crippen LogP contribution >= 0.6 is 0 Å². The zero-order chi connectivity index (χ0) is 28.3. The van der Waals surface area contributed by atoms with Crippen LogP contribution in [0.15, 0.2) is 83.9 Å². The number of methoxy groups -OCH3 is 1. The van der Waals surface area contributed by atoms with Crippen molar-refractivity contribution < 1.29 is 41.3 Å². The molecular formula is C28H22N2O9S. The van der Waals surface area contributed by atoms with Crippen LogP contribution in [0.1, 0.15) is 37.5 Å². The van der Waals surface area contributed by atoms with E-state index in [4.69, 9.17) is 18.5 Å². The zero-order valence-corrected chi connectivity index (χ0v) is 21.9. The number of rotatable bonds is 10. The molecule has 2 amide bonds. The van der Waals surface area contributed by atoms with E-state index in [1.807, 2.05) is 6.07 Å². The predicted octanol–water partition coefficient (Wildman–Crippen LogP) is 3.79. The molecule has 2 heterocycles. The number of hydrogen-bond donors (Lipinski definition) is 0. The van der Waals surface area contributed by atoms with Crippen LogP contribution in [0.25, 0.3) is 10.9 Å². The number of imide groups is 1. The van der Waals surface area contributed by atoms with Gasteiger partial charge < -0.3 is 13.7 Å². The van der Waals surface area contributed by atoms with Crippen molar-refractivity contribution in [3.8, 4) is 11.5 Å². The Morgan fingerprint density at radius 1 is 0.850 bits per heavy atom. The second-order valence-electron chi connectivity index (χ2n) is 8.55. The maximum absolute atomic E-state index is 12.9. The Kier molecular flexibility index (Phi) is 7.45. The summed E-state index contributed by atoms with van der Waals surface area (Å²) in [4.78, 5) is 46.5. The molecule has 5 rings (SSSR count). The van der Waals surface area contributed by atoms with Crippen molar-refractivity contribution in [1.82, 2.24) is 10.0 Å². The lowest BCUT2D eigenvalue weighted by molar-refractivity contribution is -0.0935.